The SMILES string of the molecule is COCc1ccccc1NC(=O)NC1CCOc2ccccc21. The van der Waals surface area contributed by atoms with Crippen molar-refractivity contribution in [1.82, 2.24) is 5.32 Å². The van der Waals surface area contributed by atoms with E-state index in [9.17, 15) is 4.79 Å². The molecule has 2 aromatic carbocycles. The molecule has 0 bridgehead atoms. The van der Waals surface area contributed by atoms with Gasteiger partial charge >= 0.3 is 6.03 Å². The molecule has 1 atom stereocenters. The van der Waals surface area contributed by atoms with Crippen molar-refractivity contribution in [3.63, 3.8) is 0 Å². The van der Waals surface area contributed by atoms with Gasteiger partial charge in [-0.25, -0.2) is 4.79 Å². The van der Waals surface area contributed by atoms with Crippen molar-refractivity contribution >= 4 is 11.7 Å². The minimum atomic E-state index is -0.227. The van der Waals surface area contributed by atoms with Crippen molar-refractivity contribution in [2.24, 2.45) is 0 Å². The highest BCUT2D eigenvalue weighted by Crippen LogP contribution is 2.31. The van der Waals surface area contributed by atoms with E-state index in [-0.39, 0.29) is 12.1 Å². The summed E-state index contributed by atoms with van der Waals surface area (Å²) in [6, 6.07) is 15.1. The minimum absolute atomic E-state index is 0.0467. The van der Waals surface area contributed by atoms with Crippen LogP contribution in [0.5, 0.6) is 5.75 Å². The van der Waals surface area contributed by atoms with Gasteiger partial charge in [-0.05, 0) is 12.1 Å². The van der Waals surface area contributed by atoms with E-state index in [2.05, 4.69) is 10.6 Å². The van der Waals surface area contributed by atoms with Crippen molar-refractivity contribution in [1.29, 1.82) is 0 Å². The number of carbonyl (C=O) groups is 1. The lowest BCUT2D eigenvalue weighted by atomic mass is 10.0. The molecule has 2 amide bonds. The number of nitrogens with one attached hydrogen (secondary N) is 2. The van der Waals surface area contributed by atoms with E-state index >= 15 is 0 Å². The number of fused-ring (bicyclic) bond motifs is 1. The third-order valence-electron chi connectivity index (χ3n) is 3.83. The molecule has 0 saturated heterocycles. The first-order valence-electron chi connectivity index (χ1n) is 7.64. The van der Waals surface area contributed by atoms with Gasteiger partial charge in [0.1, 0.15) is 5.75 Å². The lowest BCUT2D eigenvalue weighted by Gasteiger charge is -2.26. The average Bonchev–Trinajstić information content (AvgIpc) is 2.57. The van der Waals surface area contributed by atoms with Crippen LogP contribution in [0, 0.1) is 0 Å². The molecule has 0 fully saturated rings. The second kappa shape index (κ2) is 7.15. The molecular formula is C18H20N2O3. The van der Waals surface area contributed by atoms with Gasteiger partial charge < -0.3 is 20.1 Å². The van der Waals surface area contributed by atoms with Crippen LogP contribution < -0.4 is 15.4 Å². The quantitative estimate of drug-likeness (QED) is 0.908. The van der Waals surface area contributed by atoms with Gasteiger partial charge in [0.15, 0.2) is 0 Å². The third-order valence-corrected chi connectivity index (χ3v) is 3.83. The highest BCUT2D eigenvalue weighted by Gasteiger charge is 2.22. The molecule has 3 rings (SSSR count). The van der Waals surface area contributed by atoms with Gasteiger partial charge in [-0.15, -0.1) is 0 Å². The van der Waals surface area contributed by atoms with Crippen LogP contribution in [0.4, 0.5) is 10.5 Å². The van der Waals surface area contributed by atoms with Gasteiger partial charge in [-0.1, -0.05) is 36.4 Å². The lowest BCUT2D eigenvalue weighted by molar-refractivity contribution is 0.185. The average molecular weight is 312 g/mol. The van der Waals surface area contributed by atoms with Crippen LogP contribution in [0.3, 0.4) is 0 Å². The second-order valence-electron chi connectivity index (χ2n) is 5.42. The zero-order valence-electron chi connectivity index (χ0n) is 13.0. The topological polar surface area (TPSA) is 59.6 Å². The fraction of sp³-hybridized carbons (Fsp3) is 0.278. The van der Waals surface area contributed by atoms with E-state index in [0.717, 1.165) is 29.0 Å². The number of hydrogen-bond donors (Lipinski definition) is 2. The van der Waals surface area contributed by atoms with Gasteiger partial charge in [-0.3, -0.25) is 0 Å². The molecule has 0 saturated carbocycles. The summed E-state index contributed by atoms with van der Waals surface area (Å²) in [5, 5.41) is 5.92. The van der Waals surface area contributed by atoms with Crippen LogP contribution in [0.15, 0.2) is 48.5 Å². The third kappa shape index (κ3) is 3.63. The number of anilines is 1. The minimum Gasteiger partial charge on any atom is -0.493 e. The highest BCUT2D eigenvalue weighted by molar-refractivity contribution is 5.90. The Morgan fingerprint density at radius 3 is 2.87 bits per heavy atom. The number of methoxy groups -OCH3 is 1. The summed E-state index contributed by atoms with van der Waals surface area (Å²) in [4.78, 5) is 12.3. The predicted molar refractivity (Wildman–Crippen MR) is 88.6 cm³/mol. The smallest absolute Gasteiger partial charge is 0.319 e. The van der Waals surface area contributed by atoms with Crippen LogP contribution in [0.2, 0.25) is 0 Å². The van der Waals surface area contributed by atoms with Crippen molar-refractivity contribution in [3.8, 4) is 5.75 Å². The van der Waals surface area contributed by atoms with Gasteiger partial charge in [-0.2, -0.15) is 0 Å². The summed E-state index contributed by atoms with van der Waals surface area (Å²) in [7, 11) is 1.63. The molecule has 2 N–H and O–H groups in total. The zero-order chi connectivity index (χ0) is 16.1. The fourth-order valence-electron chi connectivity index (χ4n) is 2.73. The van der Waals surface area contributed by atoms with E-state index in [1.807, 2.05) is 48.5 Å². The zero-order valence-corrected chi connectivity index (χ0v) is 13.0. The predicted octanol–water partition coefficient (Wildman–Crippen LogP) is 3.48. The number of rotatable bonds is 4. The summed E-state index contributed by atoms with van der Waals surface area (Å²) in [5.74, 6) is 0.837. The van der Waals surface area contributed by atoms with Gasteiger partial charge in [0.2, 0.25) is 0 Å². The van der Waals surface area contributed by atoms with E-state index in [4.69, 9.17) is 9.47 Å². The normalized spacial score (nSPS) is 16.1. The van der Waals surface area contributed by atoms with Crippen molar-refractivity contribution in [3.05, 3.63) is 59.7 Å². The molecule has 2 aromatic rings. The molecule has 0 spiro atoms. The first-order valence-corrected chi connectivity index (χ1v) is 7.64. The van der Waals surface area contributed by atoms with Gasteiger partial charge in [0, 0.05) is 30.3 Å². The van der Waals surface area contributed by atoms with Crippen molar-refractivity contribution in [2.75, 3.05) is 19.0 Å². The fourth-order valence-corrected chi connectivity index (χ4v) is 2.73. The number of amides is 2. The highest BCUT2D eigenvalue weighted by atomic mass is 16.5. The lowest BCUT2D eigenvalue weighted by Crippen LogP contribution is -2.35. The first-order chi connectivity index (χ1) is 11.3. The largest absolute Gasteiger partial charge is 0.493 e. The molecule has 5 nitrogen and oxygen atoms in total. The van der Waals surface area contributed by atoms with Crippen molar-refractivity contribution < 1.29 is 14.3 Å². The summed E-state index contributed by atoms with van der Waals surface area (Å²) in [6.07, 6.45) is 0.754. The molecule has 1 aliphatic heterocycles. The summed E-state index contributed by atoms with van der Waals surface area (Å²) < 4.78 is 10.8. The Balaban J connectivity index is 1.69. The van der Waals surface area contributed by atoms with E-state index in [0.29, 0.717) is 13.2 Å². The van der Waals surface area contributed by atoms with E-state index < -0.39 is 0 Å². The van der Waals surface area contributed by atoms with Crippen LogP contribution in [0.25, 0.3) is 0 Å². The molecular weight excluding hydrogens is 292 g/mol. The Labute approximate surface area is 135 Å². The molecule has 120 valence electrons. The summed E-state index contributed by atoms with van der Waals surface area (Å²) in [6.45, 7) is 1.05. The first kappa shape index (κ1) is 15.4. The maximum Gasteiger partial charge on any atom is 0.319 e. The molecule has 0 aliphatic carbocycles. The Hall–Kier alpha value is -2.53. The number of benzene rings is 2. The van der Waals surface area contributed by atoms with Crippen LogP contribution >= 0.6 is 0 Å². The summed E-state index contributed by atoms with van der Waals surface area (Å²) >= 11 is 0. The molecule has 23 heavy (non-hydrogen) atoms. The van der Waals surface area contributed by atoms with Crippen LogP contribution in [-0.4, -0.2) is 19.7 Å². The van der Waals surface area contributed by atoms with E-state index in [1.165, 1.54) is 0 Å². The van der Waals surface area contributed by atoms with Gasteiger partial charge in [0.25, 0.3) is 0 Å². The Morgan fingerprint density at radius 1 is 1.22 bits per heavy atom. The summed E-state index contributed by atoms with van der Waals surface area (Å²) in [5.41, 5.74) is 2.71. The molecule has 1 aliphatic rings. The number of para-hydroxylation sites is 2. The molecule has 0 radical (unpaired) electrons. The Kier molecular flexibility index (Phi) is 4.78. The maximum absolute atomic E-state index is 12.3. The number of urea groups is 1. The van der Waals surface area contributed by atoms with Crippen LogP contribution in [-0.2, 0) is 11.3 Å². The van der Waals surface area contributed by atoms with Crippen LogP contribution in [0.1, 0.15) is 23.6 Å². The Morgan fingerprint density at radius 2 is 2.00 bits per heavy atom. The number of carbonyl (C=O) groups excluding carboxylic acids is 1. The number of ether oxygens (including phenoxy) is 2. The van der Waals surface area contributed by atoms with Crippen molar-refractivity contribution in [2.45, 2.75) is 19.1 Å². The molecule has 1 heterocycles. The number of hydrogen-bond acceptors (Lipinski definition) is 3. The second-order valence-corrected chi connectivity index (χ2v) is 5.42. The molecule has 0 aromatic heterocycles. The monoisotopic (exact) mass is 312 g/mol. The molecule has 5 heteroatoms. The molecule has 1 unspecified atom stereocenters. The van der Waals surface area contributed by atoms with E-state index in [1.54, 1.807) is 7.11 Å². The standard InChI is InChI=1S/C18H20N2O3/c1-22-12-13-6-2-4-8-15(13)19-18(21)20-16-10-11-23-17-9-5-3-7-14(16)17/h2-9,16H,10-12H2,1H3,(H2,19,20,21). The maximum atomic E-state index is 12.3. The van der Waals surface area contributed by atoms with Gasteiger partial charge in [0.05, 0.1) is 19.3 Å². The Bertz CT molecular complexity index is 687.